The Kier molecular flexibility index (Phi) is 11.0. The molecule has 0 aromatic rings. The minimum Gasteiger partial charge on any atom is -0.328 e. The first-order valence-corrected chi connectivity index (χ1v) is 13.6. The van der Waals surface area contributed by atoms with E-state index in [1.54, 1.807) is 0 Å². The summed E-state index contributed by atoms with van der Waals surface area (Å²) in [7, 11) is 8.67. The second-order valence-corrected chi connectivity index (χ2v) is 15.2. The Hall–Kier alpha value is 0.137. The van der Waals surface area contributed by atoms with Gasteiger partial charge in [-0.2, -0.15) is 0 Å². The summed E-state index contributed by atoms with van der Waals surface area (Å²) in [6.45, 7) is 15.3. The molecule has 0 aliphatic carbocycles. The van der Waals surface area contributed by atoms with Crippen LogP contribution < -0.4 is 0 Å². The van der Waals surface area contributed by atoms with Crippen LogP contribution >= 0.6 is 0 Å². The lowest BCUT2D eigenvalue weighted by atomic mass is 10.3. The summed E-state index contributed by atoms with van der Waals surface area (Å²) < 4.78 is 2.44. The maximum absolute atomic E-state index is 2.62. The average molecular weight is 345 g/mol. The number of hydrogen-bond acceptors (Lipinski definition) is 0. The molecule has 0 N–H and O–H groups in total. The van der Waals surface area contributed by atoms with Gasteiger partial charge in [0.05, 0.1) is 54.4 Å². The molecule has 0 amide bonds. The van der Waals surface area contributed by atoms with Crippen molar-refractivity contribution in [3.8, 4) is 0 Å². The molecule has 0 spiro atoms. The predicted octanol–water partition coefficient (Wildman–Crippen LogP) is 5.23. The van der Waals surface area contributed by atoms with Crippen molar-refractivity contribution < 1.29 is 8.97 Å². The van der Waals surface area contributed by atoms with Crippen LogP contribution in [0.15, 0.2) is 0 Å². The summed E-state index contributed by atoms with van der Waals surface area (Å²) in [4.78, 5) is 0. The zero-order valence-corrected chi connectivity index (χ0v) is 18.9. The van der Waals surface area contributed by atoms with Gasteiger partial charge in [0.15, 0.2) is 0 Å². The first-order chi connectivity index (χ1) is 10.5. The Morgan fingerprint density at radius 1 is 0.565 bits per heavy atom. The van der Waals surface area contributed by atoms with E-state index >= 15 is 0 Å². The van der Waals surface area contributed by atoms with Crippen molar-refractivity contribution in [2.45, 2.75) is 77.6 Å². The van der Waals surface area contributed by atoms with E-state index in [-0.39, 0.29) is 0 Å². The van der Waals surface area contributed by atoms with Crippen LogP contribution in [0.1, 0.15) is 52.4 Å². The third-order valence-electron chi connectivity index (χ3n) is 5.47. The first kappa shape index (κ1) is 23.1. The molecule has 2 nitrogen and oxygen atoms in total. The van der Waals surface area contributed by atoms with Crippen molar-refractivity contribution in [1.29, 1.82) is 0 Å². The Morgan fingerprint density at radius 3 is 1.17 bits per heavy atom. The van der Waals surface area contributed by atoms with Gasteiger partial charge in [0.1, 0.15) is 0 Å². The van der Waals surface area contributed by atoms with Gasteiger partial charge in [-0.25, -0.2) is 0 Å². The number of rotatable bonds is 14. The SMILES string of the molecule is CCCC[N+](C)(C)CCC[Si](C)(C)CCC[N+](C)(C)CCCC. The van der Waals surface area contributed by atoms with E-state index < -0.39 is 8.07 Å². The fourth-order valence-electron chi connectivity index (χ4n) is 3.49. The number of nitrogens with zero attached hydrogens (tertiary/aromatic N) is 2. The van der Waals surface area contributed by atoms with Crippen molar-refractivity contribution in [2.24, 2.45) is 0 Å². The fourth-order valence-corrected chi connectivity index (χ4v) is 5.97. The molecule has 0 atom stereocenters. The van der Waals surface area contributed by atoms with Crippen LogP contribution in [-0.2, 0) is 0 Å². The van der Waals surface area contributed by atoms with Crippen molar-refractivity contribution in [3.05, 3.63) is 0 Å². The van der Waals surface area contributed by atoms with E-state index in [0.29, 0.717) is 0 Å². The van der Waals surface area contributed by atoms with Crippen molar-refractivity contribution in [3.63, 3.8) is 0 Å². The molecule has 0 bridgehead atoms. The van der Waals surface area contributed by atoms with Crippen LogP contribution in [-0.4, -0.2) is 71.4 Å². The van der Waals surface area contributed by atoms with Gasteiger partial charge >= 0.3 is 0 Å². The third kappa shape index (κ3) is 13.1. The van der Waals surface area contributed by atoms with Crippen molar-refractivity contribution in [2.75, 3.05) is 54.4 Å². The predicted molar refractivity (Wildman–Crippen MR) is 110 cm³/mol. The van der Waals surface area contributed by atoms with Crippen LogP contribution in [0.3, 0.4) is 0 Å². The molecule has 140 valence electrons. The lowest BCUT2D eigenvalue weighted by molar-refractivity contribution is -0.890. The summed E-state index contributed by atoms with van der Waals surface area (Å²) in [5.41, 5.74) is 0. The quantitative estimate of drug-likeness (QED) is 0.299. The largest absolute Gasteiger partial charge is 0.328 e. The van der Waals surface area contributed by atoms with E-state index in [1.165, 1.54) is 85.8 Å². The van der Waals surface area contributed by atoms with Crippen LogP contribution in [0, 0.1) is 0 Å². The fraction of sp³-hybridized carbons (Fsp3) is 1.00. The molecule has 0 aliphatic rings. The zero-order valence-electron chi connectivity index (χ0n) is 17.9. The second-order valence-electron chi connectivity index (χ2n) is 9.84. The Balaban J connectivity index is 4.00. The van der Waals surface area contributed by atoms with Gasteiger partial charge in [0.25, 0.3) is 0 Å². The van der Waals surface area contributed by atoms with Crippen molar-refractivity contribution in [1.82, 2.24) is 0 Å². The molecule has 0 unspecified atom stereocenters. The Morgan fingerprint density at radius 2 is 0.870 bits per heavy atom. The highest BCUT2D eigenvalue weighted by molar-refractivity contribution is 6.77. The molecule has 3 heteroatoms. The molecule has 0 heterocycles. The van der Waals surface area contributed by atoms with Gasteiger partial charge in [-0.05, 0) is 25.7 Å². The van der Waals surface area contributed by atoms with E-state index in [1.807, 2.05) is 0 Å². The average Bonchev–Trinajstić information content (AvgIpc) is 2.42. The molecular weight excluding hydrogens is 296 g/mol. The van der Waals surface area contributed by atoms with Gasteiger partial charge in [-0.15, -0.1) is 0 Å². The molecular formula is C20H48N2Si+2. The molecule has 0 radical (unpaired) electrons. The zero-order chi connectivity index (χ0) is 18.0. The summed E-state index contributed by atoms with van der Waals surface area (Å²) in [5, 5.41) is 0. The molecule has 0 aromatic heterocycles. The Bertz CT molecular complexity index is 270. The summed E-state index contributed by atoms with van der Waals surface area (Å²) >= 11 is 0. The summed E-state index contributed by atoms with van der Waals surface area (Å²) in [6, 6.07) is 3.03. The van der Waals surface area contributed by atoms with Gasteiger partial charge in [0.2, 0.25) is 0 Å². The highest BCUT2D eigenvalue weighted by Gasteiger charge is 2.24. The number of quaternary nitrogens is 2. The standard InChI is InChI=1S/C20H48N2Si/c1-9-11-15-21(3,4)17-13-19-23(7,8)20-14-18-22(5,6)16-12-10-2/h9-20H2,1-8H3/q+2. The van der Waals surface area contributed by atoms with E-state index in [9.17, 15) is 0 Å². The van der Waals surface area contributed by atoms with Crippen LogP contribution in [0.25, 0.3) is 0 Å². The molecule has 0 fully saturated rings. The van der Waals surface area contributed by atoms with Crippen LogP contribution in [0.4, 0.5) is 0 Å². The maximum atomic E-state index is 2.62. The van der Waals surface area contributed by atoms with Gasteiger partial charge < -0.3 is 8.97 Å². The highest BCUT2D eigenvalue weighted by atomic mass is 28.3. The van der Waals surface area contributed by atoms with Crippen molar-refractivity contribution >= 4 is 8.07 Å². The molecule has 0 saturated carbocycles. The van der Waals surface area contributed by atoms with E-state index in [2.05, 4.69) is 55.1 Å². The number of unbranched alkanes of at least 4 members (excludes halogenated alkanes) is 2. The van der Waals surface area contributed by atoms with Crippen LogP contribution in [0.2, 0.25) is 25.2 Å². The molecule has 0 saturated heterocycles. The smallest absolute Gasteiger partial charge is 0.0782 e. The summed E-state index contributed by atoms with van der Waals surface area (Å²) in [6.07, 6.45) is 8.27. The third-order valence-corrected chi connectivity index (χ3v) is 8.88. The lowest BCUT2D eigenvalue weighted by Crippen LogP contribution is -2.43. The highest BCUT2D eigenvalue weighted by Crippen LogP contribution is 2.21. The lowest BCUT2D eigenvalue weighted by Gasteiger charge is -2.33. The second kappa shape index (κ2) is 10.9. The Labute approximate surface area is 149 Å². The first-order valence-electron chi connectivity index (χ1n) is 10.2. The topological polar surface area (TPSA) is 0 Å². The maximum Gasteiger partial charge on any atom is 0.0782 e. The number of hydrogen-bond donors (Lipinski definition) is 0. The molecule has 0 rings (SSSR count). The monoisotopic (exact) mass is 344 g/mol. The molecule has 23 heavy (non-hydrogen) atoms. The van der Waals surface area contributed by atoms with E-state index in [0.717, 1.165) is 0 Å². The van der Waals surface area contributed by atoms with Gasteiger partial charge in [0, 0.05) is 8.07 Å². The summed E-state index contributed by atoms with van der Waals surface area (Å²) in [5.74, 6) is 0. The minimum absolute atomic E-state index is 0.985. The van der Waals surface area contributed by atoms with E-state index in [4.69, 9.17) is 0 Å². The molecule has 0 aliphatic heterocycles. The van der Waals surface area contributed by atoms with Gasteiger partial charge in [-0.1, -0.05) is 51.9 Å². The normalized spacial score (nSPS) is 13.6. The molecule has 0 aromatic carbocycles. The minimum atomic E-state index is -0.985. The van der Waals surface area contributed by atoms with Crippen LogP contribution in [0.5, 0.6) is 0 Å². The van der Waals surface area contributed by atoms with Gasteiger partial charge in [-0.3, -0.25) is 0 Å².